The summed E-state index contributed by atoms with van der Waals surface area (Å²) in [5, 5.41) is 3.43. The summed E-state index contributed by atoms with van der Waals surface area (Å²) in [7, 11) is 0. The third-order valence-electron chi connectivity index (χ3n) is 3.40. The van der Waals surface area contributed by atoms with E-state index in [0.29, 0.717) is 0 Å². The molecular formula is C17H21N3. The Balaban J connectivity index is 1.91. The minimum atomic E-state index is 0.0224. The molecular weight excluding hydrogens is 246 g/mol. The van der Waals surface area contributed by atoms with Gasteiger partial charge >= 0.3 is 0 Å². The van der Waals surface area contributed by atoms with E-state index in [1.54, 1.807) is 0 Å². The van der Waals surface area contributed by atoms with Crippen molar-refractivity contribution in [2.24, 2.45) is 0 Å². The Hall–Kier alpha value is -2.03. The standard InChI is InChI=1S/C17H21N3/c1-17(2,3)19-15-9-6-10-16(18-15)20-12-11-13-7-4-5-8-14(13)20/h4-10H,11-12H2,1-3H3,(H,18,19). The molecule has 104 valence electrons. The molecule has 3 rings (SSSR count). The van der Waals surface area contributed by atoms with Crippen molar-refractivity contribution in [3.05, 3.63) is 48.0 Å². The number of hydrogen-bond donors (Lipinski definition) is 1. The van der Waals surface area contributed by atoms with E-state index >= 15 is 0 Å². The first-order valence-electron chi connectivity index (χ1n) is 7.14. The van der Waals surface area contributed by atoms with E-state index < -0.39 is 0 Å². The molecule has 20 heavy (non-hydrogen) atoms. The fourth-order valence-corrected chi connectivity index (χ4v) is 2.60. The van der Waals surface area contributed by atoms with Crippen LogP contribution in [0.3, 0.4) is 0 Å². The fourth-order valence-electron chi connectivity index (χ4n) is 2.60. The lowest BCUT2D eigenvalue weighted by atomic mass is 10.1. The molecule has 3 nitrogen and oxygen atoms in total. The van der Waals surface area contributed by atoms with Crippen molar-refractivity contribution in [1.82, 2.24) is 4.98 Å². The van der Waals surface area contributed by atoms with Crippen LogP contribution in [0.4, 0.5) is 17.3 Å². The molecule has 0 fully saturated rings. The SMILES string of the molecule is CC(C)(C)Nc1cccc(N2CCc3ccccc32)n1. The lowest BCUT2D eigenvalue weighted by molar-refractivity contribution is 0.630. The highest BCUT2D eigenvalue weighted by molar-refractivity contribution is 5.68. The lowest BCUT2D eigenvalue weighted by Gasteiger charge is -2.23. The quantitative estimate of drug-likeness (QED) is 0.892. The molecule has 1 aliphatic rings. The number of hydrogen-bond acceptors (Lipinski definition) is 3. The highest BCUT2D eigenvalue weighted by Gasteiger charge is 2.21. The van der Waals surface area contributed by atoms with Gasteiger partial charge < -0.3 is 10.2 Å². The molecule has 3 heteroatoms. The number of nitrogens with zero attached hydrogens (tertiary/aromatic N) is 2. The molecule has 0 atom stereocenters. The molecule has 0 radical (unpaired) electrons. The van der Waals surface area contributed by atoms with E-state index in [1.807, 2.05) is 6.07 Å². The molecule has 2 heterocycles. The largest absolute Gasteiger partial charge is 0.365 e. The number of rotatable bonds is 2. The van der Waals surface area contributed by atoms with Crippen LogP contribution >= 0.6 is 0 Å². The van der Waals surface area contributed by atoms with Crippen molar-refractivity contribution in [2.75, 3.05) is 16.8 Å². The van der Waals surface area contributed by atoms with Crippen LogP contribution in [0.25, 0.3) is 0 Å². The Bertz CT molecular complexity index is 614. The van der Waals surface area contributed by atoms with Crippen molar-refractivity contribution >= 4 is 17.3 Å². The number of fused-ring (bicyclic) bond motifs is 1. The van der Waals surface area contributed by atoms with Gasteiger partial charge in [-0.3, -0.25) is 0 Å². The normalized spacial score (nSPS) is 14.2. The minimum Gasteiger partial charge on any atom is -0.365 e. The highest BCUT2D eigenvalue weighted by Crippen LogP contribution is 2.33. The van der Waals surface area contributed by atoms with E-state index in [2.05, 4.69) is 67.4 Å². The van der Waals surface area contributed by atoms with Gasteiger partial charge in [-0.1, -0.05) is 24.3 Å². The van der Waals surface area contributed by atoms with Gasteiger partial charge in [0.1, 0.15) is 11.6 Å². The van der Waals surface area contributed by atoms with Crippen LogP contribution in [-0.4, -0.2) is 17.1 Å². The number of para-hydroxylation sites is 1. The zero-order chi connectivity index (χ0) is 14.2. The van der Waals surface area contributed by atoms with Crippen LogP contribution in [-0.2, 0) is 6.42 Å². The predicted octanol–water partition coefficient (Wildman–Crippen LogP) is 3.99. The molecule has 0 aliphatic carbocycles. The summed E-state index contributed by atoms with van der Waals surface area (Å²) in [6.07, 6.45) is 1.09. The van der Waals surface area contributed by atoms with E-state index in [0.717, 1.165) is 24.6 Å². The highest BCUT2D eigenvalue weighted by atomic mass is 15.2. The van der Waals surface area contributed by atoms with E-state index in [1.165, 1.54) is 11.3 Å². The van der Waals surface area contributed by atoms with Gasteiger partial charge in [-0.25, -0.2) is 4.98 Å². The number of aromatic nitrogens is 1. The molecule has 0 unspecified atom stereocenters. The zero-order valence-corrected chi connectivity index (χ0v) is 12.4. The van der Waals surface area contributed by atoms with Gasteiger partial charge in [-0.05, 0) is 51.0 Å². The first kappa shape index (κ1) is 13.0. The molecule has 1 N–H and O–H groups in total. The molecule has 0 saturated heterocycles. The van der Waals surface area contributed by atoms with Gasteiger partial charge in [0.2, 0.25) is 0 Å². The van der Waals surface area contributed by atoms with Crippen LogP contribution < -0.4 is 10.2 Å². The minimum absolute atomic E-state index is 0.0224. The molecule has 2 aromatic rings. The topological polar surface area (TPSA) is 28.2 Å². The van der Waals surface area contributed by atoms with Crippen molar-refractivity contribution in [2.45, 2.75) is 32.7 Å². The average Bonchev–Trinajstić information content (AvgIpc) is 2.81. The van der Waals surface area contributed by atoms with Gasteiger partial charge in [0, 0.05) is 17.8 Å². The molecule has 0 saturated carbocycles. The van der Waals surface area contributed by atoms with Crippen molar-refractivity contribution in [3.63, 3.8) is 0 Å². The molecule has 0 spiro atoms. The van der Waals surface area contributed by atoms with Gasteiger partial charge in [-0.15, -0.1) is 0 Å². The smallest absolute Gasteiger partial charge is 0.135 e. The average molecular weight is 267 g/mol. The van der Waals surface area contributed by atoms with Crippen LogP contribution in [0.1, 0.15) is 26.3 Å². The monoisotopic (exact) mass is 267 g/mol. The maximum Gasteiger partial charge on any atom is 0.135 e. The Morgan fingerprint density at radius 1 is 1.05 bits per heavy atom. The second kappa shape index (κ2) is 4.82. The van der Waals surface area contributed by atoms with Crippen molar-refractivity contribution < 1.29 is 0 Å². The lowest BCUT2D eigenvalue weighted by Crippen LogP contribution is -2.27. The summed E-state index contributed by atoms with van der Waals surface area (Å²) < 4.78 is 0. The first-order chi connectivity index (χ1) is 9.53. The third kappa shape index (κ3) is 2.62. The number of anilines is 3. The molecule has 1 aromatic carbocycles. The van der Waals surface area contributed by atoms with Gasteiger partial charge in [-0.2, -0.15) is 0 Å². The van der Waals surface area contributed by atoms with Crippen LogP contribution in [0.2, 0.25) is 0 Å². The van der Waals surface area contributed by atoms with Gasteiger partial charge in [0.15, 0.2) is 0 Å². The second-order valence-electron chi connectivity index (χ2n) is 6.29. The van der Waals surface area contributed by atoms with Crippen molar-refractivity contribution in [1.29, 1.82) is 0 Å². The Kier molecular flexibility index (Phi) is 3.13. The van der Waals surface area contributed by atoms with Gasteiger partial charge in [0.25, 0.3) is 0 Å². The van der Waals surface area contributed by atoms with Crippen LogP contribution in [0, 0.1) is 0 Å². The number of pyridine rings is 1. The van der Waals surface area contributed by atoms with E-state index in [4.69, 9.17) is 4.98 Å². The summed E-state index contributed by atoms with van der Waals surface area (Å²) in [6.45, 7) is 7.44. The summed E-state index contributed by atoms with van der Waals surface area (Å²) in [6, 6.07) is 14.7. The predicted molar refractivity (Wildman–Crippen MR) is 84.8 cm³/mol. The van der Waals surface area contributed by atoms with Crippen molar-refractivity contribution in [3.8, 4) is 0 Å². The second-order valence-corrected chi connectivity index (χ2v) is 6.29. The van der Waals surface area contributed by atoms with Crippen LogP contribution in [0.15, 0.2) is 42.5 Å². The Morgan fingerprint density at radius 3 is 2.65 bits per heavy atom. The van der Waals surface area contributed by atoms with Gasteiger partial charge in [0.05, 0.1) is 0 Å². The molecule has 0 bridgehead atoms. The molecule has 0 amide bonds. The first-order valence-corrected chi connectivity index (χ1v) is 7.14. The number of nitrogens with one attached hydrogen (secondary N) is 1. The molecule has 1 aromatic heterocycles. The third-order valence-corrected chi connectivity index (χ3v) is 3.40. The zero-order valence-electron chi connectivity index (χ0n) is 12.4. The summed E-state index contributed by atoms with van der Waals surface area (Å²) in [5.74, 6) is 1.95. The summed E-state index contributed by atoms with van der Waals surface area (Å²) in [4.78, 5) is 7.05. The maximum atomic E-state index is 4.75. The molecule has 1 aliphatic heterocycles. The Morgan fingerprint density at radius 2 is 1.85 bits per heavy atom. The Labute approximate surface area is 120 Å². The summed E-state index contributed by atoms with van der Waals surface area (Å²) in [5.41, 5.74) is 2.71. The number of benzene rings is 1. The van der Waals surface area contributed by atoms with E-state index in [9.17, 15) is 0 Å². The van der Waals surface area contributed by atoms with E-state index in [-0.39, 0.29) is 5.54 Å². The maximum absolute atomic E-state index is 4.75. The fraction of sp³-hybridized carbons (Fsp3) is 0.353. The van der Waals surface area contributed by atoms with Crippen LogP contribution in [0.5, 0.6) is 0 Å². The summed E-state index contributed by atoms with van der Waals surface area (Å²) >= 11 is 0.